The summed E-state index contributed by atoms with van der Waals surface area (Å²) in [6.45, 7) is 9.25. The molecule has 0 amide bonds. The van der Waals surface area contributed by atoms with Crippen molar-refractivity contribution in [1.29, 1.82) is 0 Å². The molecule has 4 unspecified atom stereocenters. The Kier molecular flexibility index (Phi) is 5.60. The smallest absolute Gasteiger partial charge is 0.303 e. The maximum Gasteiger partial charge on any atom is 0.303 e. The number of carboxylic acids is 1. The molecule has 3 N–H and O–H groups in total. The van der Waals surface area contributed by atoms with Crippen molar-refractivity contribution in [2.75, 3.05) is 0 Å². The Hall–Kier alpha value is -0.610. The molecular weight excluding hydrogens is 364 g/mol. The van der Waals surface area contributed by atoms with Crippen LogP contribution in [0.4, 0.5) is 0 Å². The first-order valence-corrected chi connectivity index (χ1v) is 12.2. The molecule has 4 fully saturated rings. The second-order valence-electron chi connectivity index (χ2n) is 11.9. The molecule has 0 aromatic rings. The van der Waals surface area contributed by atoms with E-state index in [0.29, 0.717) is 41.9 Å². The number of aliphatic hydroxyl groups excluding tert-OH is 2. The van der Waals surface area contributed by atoms with Crippen molar-refractivity contribution in [3.63, 3.8) is 0 Å². The molecule has 4 heteroatoms. The third-order valence-electron chi connectivity index (χ3n) is 10.6. The van der Waals surface area contributed by atoms with Gasteiger partial charge in [-0.15, -0.1) is 0 Å². The number of carbonyl (C=O) groups is 1. The van der Waals surface area contributed by atoms with Gasteiger partial charge in [-0.05, 0) is 97.2 Å². The Morgan fingerprint density at radius 1 is 1.07 bits per heavy atom. The first kappa shape index (κ1) is 21.6. The van der Waals surface area contributed by atoms with E-state index in [-0.39, 0.29) is 29.5 Å². The van der Waals surface area contributed by atoms with Crippen LogP contribution in [0.2, 0.25) is 0 Å². The Bertz CT molecular complexity index is 634. The van der Waals surface area contributed by atoms with E-state index < -0.39 is 5.97 Å². The molecule has 0 saturated heterocycles. The highest BCUT2D eigenvalue weighted by Gasteiger charge is 2.65. The Morgan fingerprint density at radius 2 is 1.79 bits per heavy atom. The van der Waals surface area contributed by atoms with E-state index in [9.17, 15) is 15.0 Å². The average Bonchev–Trinajstić information content (AvgIpc) is 3.01. The first-order valence-electron chi connectivity index (χ1n) is 12.2. The van der Waals surface area contributed by atoms with Gasteiger partial charge in [0.1, 0.15) is 0 Å². The van der Waals surface area contributed by atoms with E-state index in [4.69, 9.17) is 5.11 Å². The van der Waals surface area contributed by atoms with Gasteiger partial charge in [-0.2, -0.15) is 0 Å². The Balaban J connectivity index is 1.61. The van der Waals surface area contributed by atoms with Crippen LogP contribution < -0.4 is 0 Å². The standard InChI is InChI=1S/C25H42O4/c1-14-9-10-24(3)16(11-14)12-20(26)23-18-7-6-17(15(2)5-8-22(28)29)25(18,4)21(27)13-19(23)24/h14-21,23,26-27H,5-13H2,1-4H3,(H,28,29)/t14-,15+,16-,17+,18?,19?,20?,21-,23?,24-,25+/m0/s1. The predicted octanol–water partition coefficient (Wildman–Crippen LogP) is 4.72. The lowest BCUT2D eigenvalue weighted by Gasteiger charge is -2.63. The fraction of sp³-hybridized carbons (Fsp3) is 0.960. The molecule has 0 aromatic heterocycles. The summed E-state index contributed by atoms with van der Waals surface area (Å²) in [7, 11) is 0. The van der Waals surface area contributed by atoms with E-state index in [2.05, 4.69) is 27.7 Å². The van der Waals surface area contributed by atoms with E-state index in [1.54, 1.807) is 0 Å². The summed E-state index contributed by atoms with van der Waals surface area (Å²) >= 11 is 0. The molecular formula is C25H42O4. The second-order valence-corrected chi connectivity index (χ2v) is 11.9. The lowest BCUT2D eigenvalue weighted by molar-refractivity contribution is -0.203. The van der Waals surface area contributed by atoms with Crippen molar-refractivity contribution in [2.45, 2.75) is 97.7 Å². The molecule has 0 spiro atoms. The fourth-order valence-corrected chi connectivity index (χ4v) is 8.92. The minimum atomic E-state index is -0.728. The SMILES string of the molecule is C[C@H]1CC[C@]2(C)C3C[C@H](O)[C@@]4(C)C(CC[C@@H]4[C@H](C)CCC(=O)O)C3C(O)C[C@@H]2C1. The number of carboxylic acid groups (broad SMARTS) is 1. The Morgan fingerprint density at radius 3 is 2.48 bits per heavy atom. The van der Waals surface area contributed by atoms with Crippen molar-refractivity contribution < 1.29 is 20.1 Å². The quantitative estimate of drug-likeness (QED) is 0.631. The van der Waals surface area contributed by atoms with E-state index in [0.717, 1.165) is 31.6 Å². The number of hydrogen-bond donors (Lipinski definition) is 3. The van der Waals surface area contributed by atoms with Gasteiger partial charge in [0.05, 0.1) is 12.2 Å². The van der Waals surface area contributed by atoms with Gasteiger partial charge >= 0.3 is 5.97 Å². The van der Waals surface area contributed by atoms with Gasteiger partial charge in [0, 0.05) is 6.42 Å². The lowest BCUT2D eigenvalue weighted by atomic mass is 9.42. The van der Waals surface area contributed by atoms with Crippen LogP contribution in [0.5, 0.6) is 0 Å². The molecule has 0 aromatic carbocycles. The second kappa shape index (κ2) is 7.51. The molecule has 0 radical (unpaired) electrons. The minimum absolute atomic E-state index is 0.189. The minimum Gasteiger partial charge on any atom is -0.481 e. The summed E-state index contributed by atoms with van der Waals surface area (Å²) < 4.78 is 0. The van der Waals surface area contributed by atoms with Crippen molar-refractivity contribution in [1.82, 2.24) is 0 Å². The monoisotopic (exact) mass is 406 g/mol. The van der Waals surface area contributed by atoms with Gasteiger partial charge in [0.2, 0.25) is 0 Å². The molecule has 29 heavy (non-hydrogen) atoms. The zero-order valence-corrected chi connectivity index (χ0v) is 18.8. The number of rotatable bonds is 4. The number of fused-ring (bicyclic) bond motifs is 5. The fourth-order valence-electron chi connectivity index (χ4n) is 8.92. The van der Waals surface area contributed by atoms with Crippen LogP contribution in [-0.2, 0) is 4.79 Å². The molecule has 4 nitrogen and oxygen atoms in total. The lowest BCUT2D eigenvalue weighted by Crippen LogP contribution is -2.62. The van der Waals surface area contributed by atoms with Crippen LogP contribution in [0.3, 0.4) is 0 Å². The number of aliphatic carboxylic acids is 1. The van der Waals surface area contributed by atoms with Crippen molar-refractivity contribution in [3.05, 3.63) is 0 Å². The number of aliphatic hydroxyl groups is 2. The average molecular weight is 407 g/mol. The highest BCUT2D eigenvalue weighted by Crippen LogP contribution is 2.68. The third kappa shape index (κ3) is 3.28. The van der Waals surface area contributed by atoms with Gasteiger partial charge in [0.25, 0.3) is 0 Å². The molecule has 4 saturated carbocycles. The predicted molar refractivity (Wildman–Crippen MR) is 113 cm³/mol. The topological polar surface area (TPSA) is 77.8 Å². The van der Waals surface area contributed by atoms with Gasteiger partial charge in [0.15, 0.2) is 0 Å². The van der Waals surface area contributed by atoms with Crippen LogP contribution >= 0.6 is 0 Å². The maximum absolute atomic E-state index is 11.5. The van der Waals surface area contributed by atoms with E-state index in [1.165, 1.54) is 19.3 Å². The summed E-state index contributed by atoms with van der Waals surface area (Å²) in [4.78, 5) is 11.1. The summed E-state index contributed by atoms with van der Waals surface area (Å²) in [5, 5.41) is 32.0. The van der Waals surface area contributed by atoms with Crippen LogP contribution in [-0.4, -0.2) is 33.5 Å². The normalized spacial score (nSPS) is 52.9. The molecule has 4 aliphatic carbocycles. The first-order chi connectivity index (χ1) is 13.6. The highest BCUT2D eigenvalue weighted by molar-refractivity contribution is 5.66. The van der Waals surface area contributed by atoms with Crippen molar-refractivity contribution in [3.8, 4) is 0 Å². The molecule has 4 rings (SSSR count). The van der Waals surface area contributed by atoms with Crippen molar-refractivity contribution >= 4 is 5.97 Å². The van der Waals surface area contributed by atoms with Gasteiger partial charge in [-0.25, -0.2) is 0 Å². The summed E-state index contributed by atoms with van der Waals surface area (Å²) in [6, 6.07) is 0. The molecule has 0 aliphatic heterocycles. The molecule has 166 valence electrons. The molecule has 4 aliphatic rings. The Labute approximate surface area is 176 Å². The van der Waals surface area contributed by atoms with Crippen LogP contribution in [0, 0.1) is 52.3 Å². The number of hydrogen-bond acceptors (Lipinski definition) is 3. The molecule has 0 heterocycles. The van der Waals surface area contributed by atoms with E-state index >= 15 is 0 Å². The largest absolute Gasteiger partial charge is 0.481 e. The van der Waals surface area contributed by atoms with Crippen LogP contribution in [0.15, 0.2) is 0 Å². The summed E-state index contributed by atoms with van der Waals surface area (Å²) in [5.74, 6) is 2.35. The van der Waals surface area contributed by atoms with Crippen molar-refractivity contribution in [2.24, 2.45) is 52.3 Å². The van der Waals surface area contributed by atoms with Gasteiger partial charge in [-0.3, -0.25) is 4.79 Å². The van der Waals surface area contributed by atoms with Crippen LogP contribution in [0.25, 0.3) is 0 Å². The van der Waals surface area contributed by atoms with Gasteiger partial charge in [-0.1, -0.05) is 34.1 Å². The summed E-state index contributed by atoms with van der Waals surface area (Å²) in [6.07, 6.45) is 7.94. The maximum atomic E-state index is 11.5. The molecule has 0 bridgehead atoms. The van der Waals surface area contributed by atoms with Gasteiger partial charge < -0.3 is 15.3 Å². The highest BCUT2D eigenvalue weighted by atomic mass is 16.4. The third-order valence-corrected chi connectivity index (χ3v) is 10.6. The van der Waals surface area contributed by atoms with E-state index in [1.807, 2.05) is 0 Å². The van der Waals surface area contributed by atoms with Crippen LogP contribution in [0.1, 0.15) is 85.5 Å². The summed E-state index contributed by atoms with van der Waals surface area (Å²) in [5.41, 5.74) is 0.0664. The zero-order chi connectivity index (χ0) is 21.1. The molecule has 11 atom stereocenters. The zero-order valence-electron chi connectivity index (χ0n) is 18.8.